The van der Waals surface area contributed by atoms with Gasteiger partial charge in [-0.2, -0.15) is 0 Å². The lowest BCUT2D eigenvalue weighted by atomic mass is 10.1. The van der Waals surface area contributed by atoms with Crippen LogP contribution in [0.1, 0.15) is 23.6 Å². The maximum atomic E-state index is 12.1. The molecule has 0 aliphatic rings. The lowest BCUT2D eigenvalue weighted by Gasteiger charge is -2.16. The molecule has 0 aromatic heterocycles. The van der Waals surface area contributed by atoms with Crippen molar-refractivity contribution in [1.29, 1.82) is 0 Å². The first-order valence-electron chi connectivity index (χ1n) is 7.12. The maximum absolute atomic E-state index is 12.1. The fourth-order valence-corrected chi connectivity index (χ4v) is 2.07. The van der Waals surface area contributed by atoms with Crippen LogP contribution in [0.15, 0.2) is 48.5 Å². The molecule has 1 atom stereocenters. The Morgan fingerprint density at radius 2 is 1.67 bits per heavy atom. The van der Waals surface area contributed by atoms with Gasteiger partial charge in [0.1, 0.15) is 5.75 Å². The number of hydrogen-bond donors (Lipinski definition) is 1. The summed E-state index contributed by atoms with van der Waals surface area (Å²) in [6, 6.07) is 15.7. The molecule has 0 aliphatic carbocycles. The van der Waals surface area contributed by atoms with Crippen molar-refractivity contribution in [3.05, 3.63) is 65.2 Å². The number of carbonyl (C=O) groups is 1. The van der Waals surface area contributed by atoms with Crippen molar-refractivity contribution in [2.75, 3.05) is 0 Å². The number of aryl methyl sites for hydroxylation is 2. The number of ether oxygens (including phenoxy) is 1. The minimum atomic E-state index is -0.518. The second-order valence-corrected chi connectivity index (χ2v) is 5.17. The van der Waals surface area contributed by atoms with E-state index < -0.39 is 6.10 Å². The second-order valence-electron chi connectivity index (χ2n) is 5.17. The van der Waals surface area contributed by atoms with Crippen molar-refractivity contribution >= 4 is 5.91 Å². The Hall–Kier alpha value is -2.29. The van der Waals surface area contributed by atoms with Crippen molar-refractivity contribution in [3.8, 4) is 5.75 Å². The number of hydrogen-bond acceptors (Lipinski definition) is 2. The van der Waals surface area contributed by atoms with Gasteiger partial charge < -0.3 is 10.1 Å². The quantitative estimate of drug-likeness (QED) is 0.913. The molecule has 0 spiro atoms. The van der Waals surface area contributed by atoms with Crippen molar-refractivity contribution in [2.24, 2.45) is 0 Å². The van der Waals surface area contributed by atoms with Gasteiger partial charge in [0.15, 0.2) is 6.10 Å². The Morgan fingerprint density at radius 1 is 1.05 bits per heavy atom. The molecule has 3 heteroatoms. The van der Waals surface area contributed by atoms with Crippen molar-refractivity contribution < 1.29 is 9.53 Å². The third kappa shape index (κ3) is 4.09. The molecule has 0 saturated carbocycles. The lowest BCUT2D eigenvalue weighted by Crippen LogP contribution is -2.36. The summed E-state index contributed by atoms with van der Waals surface area (Å²) in [5.41, 5.74) is 3.32. The number of benzene rings is 2. The first kappa shape index (κ1) is 15.1. The molecule has 0 heterocycles. The third-order valence-electron chi connectivity index (χ3n) is 3.48. The van der Waals surface area contributed by atoms with Gasteiger partial charge in [0.25, 0.3) is 5.91 Å². The van der Waals surface area contributed by atoms with Crippen LogP contribution in [-0.2, 0) is 11.3 Å². The van der Waals surface area contributed by atoms with E-state index in [1.807, 2.05) is 62.4 Å². The van der Waals surface area contributed by atoms with Gasteiger partial charge in [-0.05, 0) is 43.5 Å². The molecule has 0 saturated heterocycles. The summed E-state index contributed by atoms with van der Waals surface area (Å²) < 4.78 is 5.71. The first-order valence-corrected chi connectivity index (χ1v) is 7.12. The smallest absolute Gasteiger partial charge is 0.261 e. The predicted molar refractivity (Wildman–Crippen MR) is 84.3 cm³/mol. The van der Waals surface area contributed by atoms with Gasteiger partial charge in [-0.15, -0.1) is 0 Å². The van der Waals surface area contributed by atoms with E-state index in [0.29, 0.717) is 6.54 Å². The lowest BCUT2D eigenvalue weighted by molar-refractivity contribution is -0.127. The Morgan fingerprint density at radius 3 is 2.33 bits per heavy atom. The van der Waals surface area contributed by atoms with Gasteiger partial charge in [0, 0.05) is 6.54 Å². The van der Waals surface area contributed by atoms with Crippen LogP contribution in [0.25, 0.3) is 0 Å². The van der Waals surface area contributed by atoms with E-state index in [9.17, 15) is 4.79 Å². The molecule has 0 radical (unpaired) electrons. The number of amides is 1. The molecule has 0 aliphatic heterocycles. The highest BCUT2D eigenvalue weighted by molar-refractivity contribution is 5.80. The highest BCUT2D eigenvalue weighted by Gasteiger charge is 2.15. The normalized spacial score (nSPS) is 11.8. The number of para-hydroxylation sites is 1. The zero-order valence-electron chi connectivity index (χ0n) is 12.7. The van der Waals surface area contributed by atoms with Crippen LogP contribution in [0.3, 0.4) is 0 Å². The second kappa shape index (κ2) is 6.93. The summed E-state index contributed by atoms with van der Waals surface area (Å²) in [5, 5.41) is 2.92. The minimum absolute atomic E-state index is 0.110. The predicted octanol–water partition coefficient (Wildman–Crippen LogP) is 3.39. The highest BCUT2D eigenvalue weighted by Crippen LogP contribution is 2.17. The zero-order chi connectivity index (χ0) is 15.2. The Balaban J connectivity index is 1.91. The van der Waals surface area contributed by atoms with Gasteiger partial charge in [0.05, 0.1) is 0 Å². The summed E-state index contributed by atoms with van der Waals surface area (Å²) in [5.74, 6) is 0.637. The van der Waals surface area contributed by atoms with Gasteiger partial charge in [0.2, 0.25) is 0 Å². The summed E-state index contributed by atoms with van der Waals surface area (Å²) in [6.45, 7) is 6.29. The molecule has 2 aromatic carbocycles. The van der Waals surface area contributed by atoms with Crippen LogP contribution in [0.4, 0.5) is 0 Å². The van der Waals surface area contributed by atoms with E-state index in [1.165, 1.54) is 5.56 Å². The van der Waals surface area contributed by atoms with E-state index in [-0.39, 0.29) is 5.91 Å². The van der Waals surface area contributed by atoms with E-state index in [4.69, 9.17) is 4.74 Å². The highest BCUT2D eigenvalue weighted by atomic mass is 16.5. The largest absolute Gasteiger partial charge is 0.481 e. The average molecular weight is 283 g/mol. The molecular weight excluding hydrogens is 262 g/mol. The maximum Gasteiger partial charge on any atom is 0.261 e. The van der Waals surface area contributed by atoms with Crippen LogP contribution in [0, 0.1) is 13.8 Å². The van der Waals surface area contributed by atoms with Gasteiger partial charge in [-0.25, -0.2) is 0 Å². The van der Waals surface area contributed by atoms with E-state index in [2.05, 4.69) is 5.32 Å². The SMILES string of the molecule is Cc1ccccc1CNC(=O)C(C)Oc1ccccc1C. The first-order chi connectivity index (χ1) is 10.1. The molecule has 0 bridgehead atoms. The van der Waals surface area contributed by atoms with Crippen molar-refractivity contribution in [1.82, 2.24) is 5.32 Å². The van der Waals surface area contributed by atoms with Crippen molar-refractivity contribution in [2.45, 2.75) is 33.4 Å². The molecular formula is C18H21NO2. The van der Waals surface area contributed by atoms with Crippen LogP contribution < -0.4 is 10.1 Å². The van der Waals surface area contributed by atoms with E-state index >= 15 is 0 Å². The van der Waals surface area contributed by atoms with Crippen LogP contribution in [0.5, 0.6) is 5.75 Å². The van der Waals surface area contributed by atoms with Crippen LogP contribution in [-0.4, -0.2) is 12.0 Å². The molecule has 1 N–H and O–H groups in total. The topological polar surface area (TPSA) is 38.3 Å². The zero-order valence-corrected chi connectivity index (χ0v) is 12.7. The van der Waals surface area contributed by atoms with Gasteiger partial charge >= 0.3 is 0 Å². The summed E-state index contributed by atoms with van der Waals surface area (Å²) in [4.78, 5) is 12.1. The molecule has 0 fully saturated rings. The molecule has 110 valence electrons. The monoisotopic (exact) mass is 283 g/mol. The van der Waals surface area contributed by atoms with Crippen LogP contribution in [0.2, 0.25) is 0 Å². The Kier molecular flexibility index (Phi) is 4.99. The van der Waals surface area contributed by atoms with E-state index in [0.717, 1.165) is 16.9 Å². The third-order valence-corrected chi connectivity index (χ3v) is 3.48. The standard InChI is InChI=1S/C18H21NO2/c1-13-8-4-6-10-16(13)12-19-18(20)15(3)21-17-11-7-5-9-14(17)2/h4-11,15H,12H2,1-3H3,(H,19,20). The van der Waals surface area contributed by atoms with Crippen LogP contribution >= 0.6 is 0 Å². The minimum Gasteiger partial charge on any atom is -0.481 e. The van der Waals surface area contributed by atoms with E-state index in [1.54, 1.807) is 6.92 Å². The molecule has 2 aromatic rings. The van der Waals surface area contributed by atoms with Gasteiger partial charge in [-0.1, -0.05) is 42.5 Å². The molecule has 1 amide bonds. The summed E-state index contributed by atoms with van der Waals surface area (Å²) >= 11 is 0. The fourth-order valence-electron chi connectivity index (χ4n) is 2.07. The number of rotatable bonds is 5. The van der Waals surface area contributed by atoms with Crippen molar-refractivity contribution in [3.63, 3.8) is 0 Å². The van der Waals surface area contributed by atoms with Gasteiger partial charge in [-0.3, -0.25) is 4.79 Å². The Labute approximate surface area is 126 Å². The Bertz CT molecular complexity index is 622. The summed E-state index contributed by atoms with van der Waals surface area (Å²) in [6.07, 6.45) is -0.518. The summed E-state index contributed by atoms with van der Waals surface area (Å²) in [7, 11) is 0. The fraction of sp³-hybridized carbons (Fsp3) is 0.278. The molecule has 21 heavy (non-hydrogen) atoms. The molecule has 1 unspecified atom stereocenters. The number of carbonyl (C=O) groups excluding carboxylic acids is 1. The molecule has 3 nitrogen and oxygen atoms in total. The molecule has 2 rings (SSSR count). The average Bonchev–Trinajstić information content (AvgIpc) is 2.48. The number of nitrogens with one attached hydrogen (secondary N) is 1.